The second kappa shape index (κ2) is 8.57. The molecule has 160 valence electrons. The van der Waals surface area contributed by atoms with Crippen LogP contribution in [0.4, 0.5) is 5.69 Å². The van der Waals surface area contributed by atoms with Gasteiger partial charge in [-0.1, -0.05) is 47.7 Å². The summed E-state index contributed by atoms with van der Waals surface area (Å²) in [6, 6.07) is 14.4. The van der Waals surface area contributed by atoms with Gasteiger partial charge in [0, 0.05) is 18.0 Å². The predicted octanol–water partition coefficient (Wildman–Crippen LogP) is 4.60. The minimum Gasteiger partial charge on any atom is -0.334 e. The number of carbonyl (C=O) groups excluding carboxylic acids is 1. The molecule has 0 aromatic heterocycles. The summed E-state index contributed by atoms with van der Waals surface area (Å²) in [5.41, 5.74) is 1.99. The highest BCUT2D eigenvalue weighted by molar-refractivity contribution is 8.19. The number of amidine groups is 1. The monoisotopic (exact) mass is 471 g/mol. The van der Waals surface area contributed by atoms with Crippen LogP contribution >= 0.6 is 23.5 Å². The molecule has 1 fully saturated rings. The average molecular weight is 472 g/mol. The molecule has 2 aromatic rings. The van der Waals surface area contributed by atoms with Crippen LogP contribution in [0.5, 0.6) is 0 Å². The highest BCUT2D eigenvalue weighted by atomic mass is 32.2. The van der Waals surface area contributed by atoms with Crippen LogP contribution in [0.2, 0.25) is 0 Å². The second-order valence-corrected chi connectivity index (χ2v) is 10.5. The first-order valence-corrected chi connectivity index (χ1v) is 12.7. The molecule has 0 spiro atoms. The molecule has 0 radical (unpaired) electrons. The van der Waals surface area contributed by atoms with E-state index in [2.05, 4.69) is 15.9 Å². The molecular weight excluding hydrogens is 450 g/mol. The zero-order valence-corrected chi connectivity index (χ0v) is 19.6. The Kier molecular flexibility index (Phi) is 6.00. The third-order valence-corrected chi connectivity index (χ3v) is 8.59. The number of carbonyl (C=O) groups is 1. The van der Waals surface area contributed by atoms with Gasteiger partial charge in [-0.2, -0.15) is 8.42 Å². The Bertz CT molecular complexity index is 1220. The molecule has 0 bridgehead atoms. The van der Waals surface area contributed by atoms with E-state index in [1.165, 1.54) is 28.8 Å². The van der Waals surface area contributed by atoms with Crippen molar-refractivity contribution in [1.29, 1.82) is 0 Å². The number of aryl methyl sites for hydroxylation is 1. The lowest BCUT2D eigenvalue weighted by atomic mass is 10.2. The Balaban J connectivity index is 1.77. The predicted molar refractivity (Wildman–Crippen MR) is 128 cm³/mol. The van der Waals surface area contributed by atoms with Gasteiger partial charge in [-0.25, -0.2) is 0 Å². The van der Waals surface area contributed by atoms with Crippen LogP contribution in [0, 0.1) is 6.92 Å². The number of amides is 1. The SMILES string of the molecule is C=CCN1C(=O)/C(=C2\Sc3ccccc3N2CC)SC1=NS(=O)(=O)c1ccc(C)cc1. The minimum absolute atomic E-state index is 0.0936. The van der Waals surface area contributed by atoms with E-state index in [9.17, 15) is 13.2 Å². The zero-order chi connectivity index (χ0) is 22.2. The van der Waals surface area contributed by atoms with Gasteiger partial charge in [-0.05, 0) is 49.9 Å². The van der Waals surface area contributed by atoms with E-state index < -0.39 is 10.0 Å². The fourth-order valence-corrected chi connectivity index (χ4v) is 6.86. The summed E-state index contributed by atoms with van der Waals surface area (Å²) in [5.74, 6) is -0.267. The summed E-state index contributed by atoms with van der Waals surface area (Å²) >= 11 is 2.61. The molecule has 31 heavy (non-hydrogen) atoms. The standard InChI is InChI=1S/C22H21N3O3S3/c1-4-14-25-20(26)19(21-24(5-2)17-8-6-7-9-18(17)29-21)30-22(25)23-31(27,28)16-12-10-15(3)11-13-16/h4,6-13H,1,5,14H2,2-3H3/b21-19+,23-22?. The molecule has 2 aliphatic rings. The van der Waals surface area contributed by atoms with Gasteiger partial charge in [0.05, 0.1) is 10.6 Å². The molecule has 2 aliphatic heterocycles. The lowest BCUT2D eigenvalue weighted by Gasteiger charge is -2.19. The van der Waals surface area contributed by atoms with Gasteiger partial charge in [0.15, 0.2) is 5.17 Å². The molecule has 9 heteroatoms. The number of hydrogen-bond donors (Lipinski definition) is 0. The van der Waals surface area contributed by atoms with Crippen molar-refractivity contribution in [3.05, 3.63) is 76.7 Å². The summed E-state index contributed by atoms with van der Waals surface area (Å²) < 4.78 is 29.8. The van der Waals surface area contributed by atoms with Gasteiger partial charge in [0.1, 0.15) is 9.93 Å². The minimum atomic E-state index is -3.96. The molecule has 2 heterocycles. The largest absolute Gasteiger partial charge is 0.334 e. The fourth-order valence-electron chi connectivity index (χ4n) is 3.28. The Morgan fingerprint density at radius 1 is 1.06 bits per heavy atom. The van der Waals surface area contributed by atoms with Crippen molar-refractivity contribution in [2.75, 3.05) is 18.0 Å². The molecule has 0 N–H and O–H groups in total. The van der Waals surface area contributed by atoms with Crippen molar-refractivity contribution in [2.24, 2.45) is 4.40 Å². The maximum atomic E-state index is 13.3. The van der Waals surface area contributed by atoms with Gasteiger partial charge in [-0.15, -0.1) is 11.0 Å². The lowest BCUT2D eigenvalue weighted by molar-refractivity contribution is -0.121. The zero-order valence-electron chi connectivity index (χ0n) is 17.1. The van der Waals surface area contributed by atoms with E-state index in [0.29, 0.717) is 11.4 Å². The van der Waals surface area contributed by atoms with E-state index in [0.717, 1.165) is 32.9 Å². The summed E-state index contributed by atoms with van der Waals surface area (Å²) in [5, 5.41) is 0.936. The number of nitrogens with zero attached hydrogens (tertiary/aromatic N) is 3. The Labute approximate surface area is 190 Å². The first kappa shape index (κ1) is 21.7. The third kappa shape index (κ3) is 4.05. The van der Waals surface area contributed by atoms with Crippen molar-refractivity contribution in [3.63, 3.8) is 0 Å². The van der Waals surface area contributed by atoms with Crippen molar-refractivity contribution < 1.29 is 13.2 Å². The molecule has 0 saturated carbocycles. The number of rotatable bonds is 5. The van der Waals surface area contributed by atoms with Gasteiger partial charge in [0.2, 0.25) is 0 Å². The fraction of sp³-hybridized carbons (Fsp3) is 0.182. The maximum Gasteiger partial charge on any atom is 0.284 e. The average Bonchev–Trinajstić information content (AvgIpc) is 3.26. The number of fused-ring (bicyclic) bond motifs is 1. The number of hydrogen-bond acceptors (Lipinski definition) is 6. The smallest absolute Gasteiger partial charge is 0.284 e. The molecular formula is C22H21N3O3S3. The Morgan fingerprint density at radius 3 is 2.45 bits per heavy atom. The van der Waals surface area contributed by atoms with Crippen molar-refractivity contribution in [1.82, 2.24) is 4.90 Å². The summed E-state index contributed by atoms with van der Waals surface area (Å²) in [4.78, 5) is 18.3. The molecule has 4 rings (SSSR count). The molecule has 1 amide bonds. The highest BCUT2D eigenvalue weighted by Crippen LogP contribution is 2.50. The Hall–Kier alpha value is -2.49. The van der Waals surface area contributed by atoms with Gasteiger partial charge >= 0.3 is 0 Å². The molecule has 0 aliphatic carbocycles. The summed E-state index contributed by atoms with van der Waals surface area (Å²) in [6.07, 6.45) is 1.56. The lowest BCUT2D eigenvalue weighted by Crippen LogP contribution is -2.30. The number of anilines is 1. The van der Waals surface area contributed by atoms with E-state index in [1.54, 1.807) is 18.2 Å². The molecule has 0 unspecified atom stereocenters. The van der Waals surface area contributed by atoms with Crippen LogP contribution < -0.4 is 4.90 Å². The topological polar surface area (TPSA) is 70.1 Å². The van der Waals surface area contributed by atoms with E-state index in [4.69, 9.17) is 0 Å². The second-order valence-electron chi connectivity index (χ2n) is 6.92. The Morgan fingerprint density at radius 2 is 1.77 bits per heavy atom. The van der Waals surface area contributed by atoms with Crippen LogP contribution in [-0.2, 0) is 14.8 Å². The third-order valence-electron chi connectivity index (χ3n) is 4.81. The van der Waals surface area contributed by atoms with Crippen LogP contribution in [0.3, 0.4) is 0 Å². The van der Waals surface area contributed by atoms with E-state index >= 15 is 0 Å². The van der Waals surface area contributed by atoms with Crippen LogP contribution in [0.15, 0.2) is 85.3 Å². The molecule has 2 aromatic carbocycles. The van der Waals surface area contributed by atoms with Gasteiger partial charge in [-0.3, -0.25) is 9.69 Å². The van der Waals surface area contributed by atoms with Crippen LogP contribution in [0.1, 0.15) is 12.5 Å². The molecule has 0 atom stereocenters. The van der Waals surface area contributed by atoms with E-state index in [-0.39, 0.29) is 22.5 Å². The number of para-hydroxylation sites is 1. The van der Waals surface area contributed by atoms with Crippen LogP contribution in [-0.4, -0.2) is 37.5 Å². The first-order chi connectivity index (χ1) is 14.9. The number of thioether (sulfide) groups is 2. The summed E-state index contributed by atoms with van der Waals surface area (Å²) in [6.45, 7) is 8.47. The van der Waals surface area contributed by atoms with E-state index in [1.807, 2.05) is 38.1 Å². The van der Waals surface area contributed by atoms with Crippen molar-refractivity contribution in [3.8, 4) is 0 Å². The highest BCUT2D eigenvalue weighted by Gasteiger charge is 2.40. The normalized spacial score (nSPS) is 19.9. The molecule has 6 nitrogen and oxygen atoms in total. The molecule has 1 saturated heterocycles. The summed E-state index contributed by atoms with van der Waals surface area (Å²) in [7, 11) is -3.96. The maximum absolute atomic E-state index is 13.3. The first-order valence-electron chi connectivity index (χ1n) is 9.66. The van der Waals surface area contributed by atoms with Gasteiger partial charge < -0.3 is 4.90 Å². The van der Waals surface area contributed by atoms with Crippen molar-refractivity contribution >= 4 is 50.3 Å². The van der Waals surface area contributed by atoms with Crippen molar-refractivity contribution in [2.45, 2.75) is 23.6 Å². The number of sulfonamides is 1. The quantitative estimate of drug-likeness (QED) is 0.469. The van der Waals surface area contributed by atoms with Crippen LogP contribution in [0.25, 0.3) is 0 Å². The van der Waals surface area contributed by atoms with Gasteiger partial charge in [0.25, 0.3) is 15.9 Å². The number of benzene rings is 2.